The number of rotatable bonds is 14. The summed E-state index contributed by atoms with van der Waals surface area (Å²) in [5, 5.41) is 17.1. The van der Waals surface area contributed by atoms with Gasteiger partial charge in [-0.25, -0.2) is 4.79 Å². The second kappa shape index (κ2) is 18.2. The van der Waals surface area contributed by atoms with Crippen LogP contribution in [0.4, 0.5) is 5.69 Å². The van der Waals surface area contributed by atoms with Gasteiger partial charge < -0.3 is 19.3 Å². The molecule has 0 unspecified atom stereocenters. The smallest absolute Gasteiger partial charge is 0.335 e. The largest absolute Gasteiger partial charge is 0.494 e. The van der Waals surface area contributed by atoms with Crippen molar-refractivity contribution in [2.24, 2.45) is 18.9 Å². The number of carboxylic acids is 1. The quantitative estimate of drug-likeness (QED) is 0.110. The van der Waals surface area contributed by atoms with Crippen LogP contribution in [0.15, 0.2) is 42.5 Å². The number of nitrogens with zero attached hydrogens (tertiary/aromatic N) is 5. The average Bonchev–Trinajstić information content (AvgIpc) is 3.54. The van der Waals surface area contributed by atoms with Crippen LogP contribution in [0.5, 0.6) is 5.75 Å². The van der Waals surface area contributed by atoms with E-state index in [9.17, 15) is 19.5 Å². The Kier molecular flexibility index (Phi) is 13.5. The van der Waals surface area contributed by atoms with Crippen LogP contribution in [0.3, 0.4) is 0 Å². The van der Waals surface area contributed by atoms with Gasteiger partial charge in [0.25, 0.3) is 5.91 Å². The summed E-state index contributed by atoms with van der Waals surface area (Å²) in [6, 6.07) is 12.3. The number of aromatic carboxylic acids is 1. The Balaban J connectivity index is 1.44. The summed E-state index contributed by atoms with van der Waals surface area (Å²) in [5.41, 5.74) is 8.27. The van der Waals surface area contributed by atoms with E-state index in [1.54, 1.807) is 11.0 Å². The third kappa shape index (κ3) is 9.12. The summed E-state index contributed by atoms with van der Waals surface area (Å²) in [4.78, 5) is 57.7. The van der Waals surface area contributed by atoms with Crippen molar-refractivity contribution in [1.82, 2.24) is 19.2 Å². The zero-order chi connectivity index (χ0) is 43.7. The van der Waals surface area contributed by atoms with Crippen molar-refractivity contribution in [1.29, 1.82) is 0 Å². The molecule has 2 aromatic heterocycles. The Hall–Kier alpha value is -5.13. The average molecular weight is 857 g/mol. The first-order chi connectivity index (χ1) is 28.4. The fourth-order valence-corrected chi connectivity index (χ4v) is 8.74. The molecular weight excluding hydrogens is 801 g/mol. The molecular formula is C47H55Cl2N5O6. The van der Waals surface area contributed by atoms with Crippen LogP contribution in [-0.2, 0) is 36.1 Å². The first-order valence-corrected chi connectivity index (χ1v) is 21.4. The van der Waals surface area contributed by atoms with E-state index in [4.69, 9.17) is 33.0 Å². The van der Waals surface area contributed by atoms with Crippen LogP contribution in [0.1, 0.15) is 108 Å². The van der Waals surface area contributed by atoms with Crippen molar-refractivity contribution in [3.63, 3.8) is 0 Å². The second-order valence-electron chi connectivity index (χ2n) is 16.9. The molecule has 3 amide bonds. The van der Waals surface area contributed by atoms with Crippen molar-refractivity contribution < 1.29 is 29.0 Å². The number of carbonyl (C=O) groups excluding carboxylic acids is 3. The number of hydrogen-bond donors (Lipinski definition) is 1. The van der Waals surface area contributed by atoms with Crippen LogP contribution in [0, 0.1) is 39.5 Å². The minimum atomic E-state index is -1.20. The molecule has 0 fully saturated rings. The van der Waals surface area contributed by atoms with Crippen LogP contribution in [0.2, 0.25) is 10.0 Å². The molecule has 1 N–H and O–H groups in total. The molecule has 1 aliphatic heterocycles. The van der Waals surface area contributed by atoms with Gasteiger partial charge in [-0.3, -0.25) is 24.0 Å². The zero-order valence-corrected chi connectivity index (χ0v) is 37.6. The third-order valence-electron chi connectivity index (χ3n) is 11.1. The molecule has 3 aromatic carbocycles. The van der Waals surface area contributed by atoms with Gasteiger partial charge in [0.1, 0.15) is 11.4 Å². The van der Waals surface area contributed by atoms with Crippen molar-refractivity contribution in [3.8, 4) is 16.9 Å². The molecule has 5 aromatic rings. The van der Waals surface area contributed by atoms with E-state index in [1.165, 1.54) is 12.1 Å². The highest BCUT2D eigenvalue weighted by atomic mass is 35.5. The zero-order valence-electron chi connectivity index (χ0n) is 36.0. The van der Waals surface area contributed by atoms with E-state index in [0.717, 1.165) is 60.8 Å². The van der Waals surface area contributed by atoms with Crippen molar-refractivity contribution in [3.05, 3.63) is 97.4 Å². The number of imide groups is 1. The Labute approximate surface area is 362 Å². The lowest BCUT2D eigenvalue weighted by atomic mass is 9.98. The van der Waals surface area contributed by atoms with Crippen LogP contribution in [-0.4, -0.2) is 61.2 Å². The van der Waals surface area contributed by atoms with Gasteiger partial charge in [0, 0.05) is 66.8 Å². The summed E-state index contributed by atoms with van der Waals surface area (Å²) in [5.74, 6) is -1.53. The Bertz CT molecular complexity index is 2450. The number of halogens is 2. The number of benzene rings is 3. The molecule has 0 radical (unpaired) electrons. The highest BCUT2D eigenvalue weighted by Crippen LogP contribution is 2.43. The molecule has 0 spiro atoms. The van der Waals surface area contributed by atoms with Crippen LogP contribution >= 0.6 is 23.2 Å². The molecule has 0 bridgehead atoms. The van der Waals surface area contributed by atoms with E-state index in [2.05, 4.69) is 4.57 Å². The second-order valence-corrected chi connectivity index (χ2v) is 17.7. The summed E-state index contributed by atoms with van der Waals surface area (Å²) in [7, 11) is 1.90. The van der Waals surface area contributed by atoms with Crippen LogP contribution < -0.4 is 9.64 Å². The number of hydrogen-bond acceptors (Lipinski definition) is 6. The standard InChI is InChI=1S/C47H55Cl2N5O6/c1-26(2)18-39(55)54(40(56)19-27(3)4)34-23-32(22-33(24-34)47(58)59)25-52-15-11-16-53-44-37(13-14-38(48)42(44)41-30(7)50-51(9)31(41)8)36(45(53)46(52)57)12-10-17-60-35-20-28(5)43(49)29(6)21-35/h13-14,20-24,26-27H,10-12,15-19,25H2,1-9H3,(H,58,59). The predicted octanol–water partition coefficient (Wildman–Crippen LogP) is 10.3. The number of carbonyl (C=O) groups is 4. The maximum Gasteiger partial charge on any atom is 0.335 e. The topological polar surface area (TPSA) is 127 Å². The number of aryl methyl sites for hydroxylation is 6. The lowest BCUT2D eigenvalue weighted by molar-refractivity contribution is -0.127. The van der Waals surface area contributed by atoms with Crippen molar-refractivity contribution >= 4 is 63.5 Å². The van der Waals surface area contributed by atoms with Gasteiger partial charge in [-0.15, -0.1) is 0 Å². The number of carboxylic acid groups (broad SMARTS) is 1. The van der Waals surface area contributed by atoms with E-state index < -0.39 is 17.8 Å². The summed E-state index contributed by atoms with van der Waals surface area (Å²) < 4.78 is 10.2. The molecule has 0 atom stereocenters. The van der Waals surface area contributed by atoms with Gasteiger partial charge in [-0.05, 0) is 117 Å². The third-order valence-corrected chi connectivity index (χ3v) is 12.0. The van der Waals surface area contributed by atoms with E-state index in [-0.39, 0.29) is 48.4 Å². The SMILES string of the molecule is Cc1cc(OCCCc2c3n(c4c(-c5c(C)nn(C)c5C)c(Cl)ccc24)CCCN(Cc2cc(C(=O)O)cc(N(C(=O)CC(C)C)C(=O)CC(C)C)c2)C3=O)cc(C)c1Cl. The Morgan fingerprint density at radius 2 is 1.55 bits per heavy atom. The maximum absolute atomic E-state index is 15.1. The molecule has 13 heteroatoms. The summed E-state index contributed by atoms with van der Waals surface area (Å²) in [6.07, 6.45) is 1.97. The van der Waals surface area contributed by atoms with E-state index >= 15 is 4.79 Å². The predicted molar refractivity (Wildman–Crippen MR) is 238 cm³/mol. The number of ether oxygens (including phenoxy) is 1. The molecule has 6 rings (SSSR count). The van der Waals surface area contributed by atoms with Gasteiger partial charge in [0.15, 0.2) is 0 Å². The summed E-state index contributed by atoms with van der Waals surface area (Å²) in [6.45, 7) is 16.8. The highest BCUT2D eigenvalue weighted by Gasteiger charge is 2.33. The van der Waals surface area contributed by atoms with Gasteiger partial charge in [-0.1, -0.05) is 57.0 Å². The van der Waals surface area contributed by atoms with Gasteiger partial charge in [0.2, 0.25) is 11.8 Å². The summed E-state index contributed by atoms with van der Waals surface area (Å²) >= 11 is 13.5. The van der Waals surface area contributed by atoms with E-state index in [1.807, 2.05) is 91.4 Å². The normalized spacial score (nSPS) is 13.0. The number of anilines is 1. The van der Waals surface area contributed by atoms with Gasteiger partial charge in [-0.2, -0.15) is 5.10 Å². The van der Waals surface area contributed by atoms with Gasteiger partial charge in [0.05, 0.1) is 34.1 Å². The number of aromatic nitrogens is 3. The van der Waals surface area contributed by atoms with Crippen LogP contribution in [0.25, 0.3) is 22.0 Å². The fourth-order valence-electron chi connectivity index (χ4n) is 8.38. The first kappa shape index (κ1) is 44.4. The minimum absolute atomic E-state index is 0.0246. The molecule has 3 heterocycles. The van der Waals surface area contributed by atoms with Gasteiger partial charge >= 0.3 is 5.97 Å². The first-order valence-electron chi connectivity index (χ1n) is 20.6. The lowest BCUT2D eigenvalue weighted by Crippen LogP contribution is -2.38. The fraction of sp³-hybridized carbons (Fsp3) is 0.426. The van der Waals surface area contributed by atoms with Crippen molar-refractivity contribution in [2.75, 3.05) is 18.1 Å². The molecule has 11 nitrogen and oxygen atoms in total. The molecule has 0 saturated carbocycles. The number of fused-ring (bicyclic) bond motifs is 3. The Morgan fingerprint density at radius 3 is 2.13 bits per heavy atom. The Morgan fingerprint density at radius 1 is 0.900 bits per heavy atom. The number of amides is 3. The molecule has 60 heavy (non-hydrogen) atoms. The highest BCUT2D eigenvalue weighted by molar-refractivity contribution is 6.35. The maximum atomic E-state index is 15.1. The molecule has 0 aliphatic carbocycles. The molecule has 0 saturated heterocycles. The van der Waals surface area contributed by atoms with E-state index in [0.29, 0.717) is 60.3 Å². The monoisotopic (exact) mass is 855 g/mol. The van der Waals surface area contributed by atoms with Crippen molar-refractivity contribution in [2.45, 2.75) is 101 Å². The lowest BCUT2D eigenvalue weighted by Gasteiger charge is -2.25. The molecule has 318 valence electrons. The minimum Gasteiger partial charge on any atom is -0.494 e. The molecule has 1 aliphatic rings.